The third kappa shape index (κ3) is 6.82. The number of aliphatic carboxylic acids is 1. The van der Waals surface area contributed by atoms with Crippen LogP contribution in [-0.2, 0) is 19.1 Å². The van der Waals surface area contributed by atoms with Gasteiger partial charge in [-0.2, -0.15) is 0 Å². The van der Waals surface area contributed by atoms with Crippen LogP contribution >= 0.6 is 0 Å². The molecule has 0 fully saturated rings. The molecule has 0 saturated heterocycles. The minimum Gasteiger partial charge on any atom is -0.480 e. The number of carbonyl (C=O) groups excluding carboxylic acids is 2. The van der Waals surface area contributed by atoms with Crippen molar-refractivity contribution in [3.8, 4) is 11.1 Å². The van der Waals surface area contributed by atoms with Crippen molar-refractivity contribution in [3.05, 3.63) is 59.7 Å². The Balaban J connectivity index is 1.72. The number of ether oxygens (including phenoxy) is 2. The molecule has 0 spiro atoms. The van der Waals surface area contributed by atoms with E-state index in [2.05, 4.69) is 17.4 Å². The number of carboxylic acids is 1. The highest BCUT2D eigenvalue weighted by Crippen LogP contribution is 2.44. The number of nitrogens with zero attached hydrogens (tertiary/aromatic N) is 1. The van der Waals surface area contributed by atoms with Gasteiger partial charge in [-0.25, -0.2) is 4.79 Å². The largest absolute Gasteiger partial charge is 0.480 e. The lowest BCUT2D eigenvalue weighted by Gasteiger charge is -2.30. The molecule has 2 N–H and O–H groups in total. The normalized spacial score (nSPS) is 13.5. The van der Waals surface area contributed by atoms with Crippen LogP contribution in [0.2, 0.25) is 0 Å². The summed E-state index contributed by atoms with van der Waals surface area (Å²) < 4.78 is 10.6. The molecule has 0 saturated carbocycles. The first-order valence-electron chi connectivity index (χ1n) is 11.7. The summed E-state index contributed by atoms with van der Waals surface area (Å²) in [5, 5.41) is 11.9. The molecule has 0 bridgehead atoms. The van der Waals surface area contributed by atoms with E-state index < -0.39 is 30.6 Å². The highest BCUT2D eigenvalue weighted by molar-refractivity contribution is 5.88. The van der Waals surface area contributed by atoms with Gasteiger partial charge in [-0.1, -0.05) is 69.3 Å². The zero-order valence-corrected chi connectivity index (χ0v) is 20.7. The molecule has 2 aromatic rings. The van der Waals surface area contributed by atoms with Crippen molar-refractivity contribution in [2.45, 2.75) is 39.2 Å². The van der Waals surface area contributed by atoms with E-state index in [1.165, 1.54) is 12.0 Å². The fourth-order valence-corrected chi connectivity index (χ4v) is 4.45. The van der Waals surface area contributed by atoms with Crippen molar-refractivity contribution in [2.24, 2.45) is 5.41 Å². The fraction of sp³-hybridized carbons (Fsp3) is 0.444. The van der Waals surface area contributed by atoms with Crippen molar-refractivity contribution in [1.82, 2.24) is 10.2 Å². The number of rotatable bonds is 10. The fourth-order valence-electron chi connectivity index (χ4n) is 4.45. The van der Waals surface area contributed by atoms with Crippen LogP contribution < -0.4 is 5.32 Å². The second-order valence-electron chi connectivity index (χ2n) is 9.93. The number of fused-ring (bicyclic) bond motifs is 3. The van der Waals surface area contributed by atoms with Gasteiger partial charge >= 0.3 is 12.1 Å². The van der Waals surface area contributed by atoms with Crippen LogP contribution in [0, 0.1) is 5.41 Å². The Labute approximate surface area is 206 Å². The van der Waals surface area contributed by atoms with Crippen molar-refractivity contribution in [2.75, 3.05) is 33.4 Å². The number of nitrogens with one attached hydrogen (secondary N) is 1. The van der Waals surface area contributed by atoms with E-state index in [-0.39, 0.29) is 31.1 Å². The number of alkyl carbamates (subject to hydrolysis) is 1. The molecule has 1 unspecified atom stereocenters. The Morgan fingerprint density at radius 1 is 1.03 bits per heavy atom. The maximum absolute atomic E-state index is 13.2. The van der Waals surface area contributed by atoms with E-state index in [1.54, 1.807) is 0 Å². The van der Waals surface area contributed by atoms with E-state index in [0.29, 0.717) is 6.42 Å². The van der Waals surface area contributed by atoms with Gasteiger partial charge in [-0.15, -0.1) is 0 Å². The lowest BCUT2D eigenvalue weighted by molar-refractivity contribution is -0.146. The summed E-state index contributed by atoms with van der Waals surface area (Å²) in [6.07, 6.45) is -0.393. The molecule has 1 atom stereocenters. The molecule has 188 valence electrons. The molecule has 1 aliphatic carbocycles. The van der Waals surface area contributed by atoms with Gasteiger partial charge in [0.05, 0.1) is 6.61 Å². The van der Waals surface area contributed by atoms with Crippen molar-refractivity contribution >= 4 is 18.0 Å². The number of carboxylic acid groups (broad SMARTS) is 1. The minimum atomic E-state index is -1.13. The number of benzene rings is 2. The van der Waals surface area contributed by atoms with E-state index in [1.807, 2.05) is 57.2 Å². The SMILES string of the molecule is COCCN(CC(=O)O)C(=O)C(CC(C)(C)C)NC(=O)OCC1c2ccccc2-c2ccccc21. The van der Waals surface area contributed by atoms with Crippen LogP contribution in [0.25, 0.3) is 11.1 Å². The Hall–Kier alpha value is -3.39. The quantitative estimate of drug-likeness (QED) is 0.532. The summed E-state index contributed by atoms with van der Waals surface area (Å²) in [6, 6.07) is 15.2. The van der Waals surface area contributed by atoms with E-state index in [0.717, 1.165) is 22.3 Å². The molecule has 3 rings (SSSR count). The van der Waals surface area contributed by atoms with Crippen LogP contribution in [-0.4, -0.2) is 67.4 Å². The smallest absolute Gasteiger partial charge is 0.407 e. The highest BCUT2D eigenvalue weighted by Gasteiger charge is 2.33. The zero-order valence-electron chi connectivity index (χ0n) is 20.7. The van der Waals surface area contributed by atoms with Crippen LogP contribution in [0.5, 0.6) is 0 Å². The summed E-state index contributed by atoms with van der Waals surface area (Å²) in [5.41, 5.74) is 4.14. The summed E-state index contributed by atoms with van der Waals surface area (Å²) in [5.74, 6) is -1.71. The molecule has 0 heterocycles. The minimum absolute atomic E-state index is 0.102. The van der Waals surface area contributed by atoms with Gasteiger partial charge in [0, 0.05) is 19.6 Å². The number of amides is 2. The first-order chi connectivity index (χ1) is 16.6. The molecule has 0 aliphatic heterocycles. The molecule has 0 aromatic heterocycles. The topological polar surface area (TPSA) is 105 Å². The standard InChI is InChI=1S/C27H34N2O6/c1-27(2,3)15-23(25(32)29(13-14-34-4)16-24(30)31)28-26(33)35-17-22-20-11-7-5-9-18(20)19-10-6-8-12-21(19)22/h5-12,22-23H,13-17H2,1-4H3,(H,28,33)(H,30,31). The Kier molecular flexibility index (Phi) is 8.51. The first-order valence-corrected chi connectivity index (χ1v) is 11.7. The van der Waals surface area contributed by atoms with E-state index in [9.17, 15) is 19.5 Å². The number of carbonyl (C=O) groups is 3. The van der Waals surface area contributed by atoms with Crippen LogP contribution in [0.3, 0.4) is 0 Å². The lowest BCUT2D eigenvalue weighted by Crippen LogP contribution is -2.52. The number of methoxy groups -OCH3 is 1. The summed E-state index contributed by atoms with van der Waals surface area (Å²) in [7, 11) is 1.48. The third-order valence-electron chi connectivity index (χ3n) is 5.95. The summed E-state index contributed by atoms with van der Waals surface area (Å²) in [4.78, 5) is 38.6. The van der Waals surface area contributed by atoms with Gasteiger partial charge in [0.15, 0.2) is 0 Å². The lowest BCUT2D eigenvalue weighted by atomic mass is 9.87. The average molecular weight is 483 g/mol. The maximum Gasteiger partial charge on any atom is 0.407 e. The summed E-state index contributed by atoms with van der Waals surface area (Å²) in [6.45, 7) is 5.78. The molecule has 8 nitrogen and oxygen atoms in total. The van der Waals surface area contributed by atoms with Gasteiger partial charge in [-0.3, -0.25) is 9.59 Å². The van der Waals surface area contributed by atoms with Gasteiger partial charge in [-0.05, 0) is 34.1 Å². The predicted molar refractivity (Wildman–Crippen MR) is 132 cm³/mol. The first kappa shape index (κ1) is 26.2. The zero-order chi connectivity index (χ0) is 25.6. The van der Waals surface area contributed by atoms with Crippen LogP contribution in [0.1, 0.15) is 44.2 Å². The third-order valence-corrected chi connectivity index (χ3v) is 5.95. The molecule has 0 radical (unpaired) electrons. The molecular formula is C27H34N2O6. The Morgan fingerprint density at radius 2 is 1.60 bits per heavy atom. The molecule has 35 heavy (non-hydrogen) atoms. The number of hydrogen-bond donors (Lipinski definition) is 2. The molecule has 2 amide bonds. The van der Waals surface area contributed by atoms with Gasteiger partial charge < -0.3 is 24.8 Å². The Bertz CT molecular complexity index is 1020. The molecule has 1 aliphatic rings. The second kappa shape index (κ2) is 11.4. The highest BCUT2D eigenvalue weighted by atomic mass is 16.5. The molecule has 2 aromatic carbocycles. The van der Waals surface area contributed by atoms with E-state index in [4.69, 9.17) is 9.47 Å². The Morgan fingerprint density at radius 3 is 2.11 bits per heavy atom. The van der Waals surface area contributed by atoms with Gasteiger partial charge in [0.25, 0.3) is 0 Å². The average Bonchev–Trinajstić information content (AvgIpc) is 3.12. The molecular weight excluding hydrogens is 448 g/mol. The monoisotopic (exact) mass is 482 g/mol. The summed E-state index contributed by atoms with van der Waals surface area (Å²) >= 11 is 0. The predicted octanol–water partition coefficient (Wildman–Crippen LogP) is 3.89. The molecule has 8 heteroatoms. The second-order valence-corrected chi connectivity index (χ2v) is 9.93. The van der Waals surface area contributed by atoms with Gasteiger partial charge in [0.1, 0.15) is 19.2 Å². The van der Waals surface area contributed by atoms with Crippen LogP contribution in [0.15, 0.2) is 48.5 Å². The van der Waals surface area contributed by atoms with Crippen molar-refractivity contribution < 1.29 is 29.0 Å². The van der Waals surface area contributed by atoms with Crippen LogP contribution in [0.4, 0.5) is 4.79 Å². The van der Waals surface area contributed by atoms with Crippen molar-refractivity contribution in [1.29, 1.82) is 0 Å². The number of hydrogen-bond acceptors (Lipinski definition) is 5. The maximum atomic E-state index is 13.2. The van der Waals surface area contributed by atoms with Crippen molar-refractivity contribution in [3.63, 3.8) is 0 Å². The van der Waals surface area contributed by atoms with E-state index >= 15 is 0 Å². The van der Waals surface area contributed by atoms with Gasteiger partial charge in [0.2, 0.25) is 5.91 Å².